The predicted octanol–water partition coefficient (Wildman–Crippen LogP) is 1.99. The number of rotatable bonds is 6. The second-order valence-corrected chi connectivity index (χ2v) is 6.69. The van der Waals surface area contributed by atoms with Crippen LogP contribution < -0.4 is 16.4 Å². The van der Waals surface area contributed by atoms with Crippen molar-refractivity contribution >= 4 is 16.9 Å². The molecule has 1 aromatic carbocycles. The van der Waals surface area contributed by atoms with Crippen LogP contribution in [0.4, 0.5) is 0 Å². The van der Waals surface area contributed by atoms with E-state index in [1.807, 2.05) is 12.1 Å². The van der Waals surface area contributed by atoms with Crippen molar-refractivity contribution in [3.05, 3.63) is 46.8 Å². The lowest BCUT2D eigenvalue weighted by atomic mass is 9.97. The Hall–Kier alpha value is -1.86. The monoisotopic (exact) mass is 335 g/mol. The van der Waals surface area contributed by atoms with Gasteiger partial charge >= 0.3 is 0 Å². The van der Waals surface area contributed by atoms with E-state index in [9.17, 15) is 0 Å². The fourth-order valence-corrected chi connectivity index (χ4v) is 2.81. The molecule has 6 nitrogen and oxygen atoms in total. The van der Waals surface area contributed by atoms with Crippen molar-refractivity contribution in [1.82, 2.24) is 10.6 Å². The molecular formula is C16H25N5OS. The van der Waals surface area contributed by atoms with Crippen LogP contribution in [0.3, 0.4) is 0 Å². The summed E-state index contributed by atoms with van der Waals surface area (Å²) in [5.74, 6) is 1.28. The normalized spacial score (nSPS) is 18.9. The van der Waals surface area contributed by atoms with Crippen LogP contribution in [-0.4, -0.2) is 29.9 Å². The fourth-order valence-electron chi connectivity index (χ4n) is 2.41. The third-order valence-corrected chi connectivity index (χ3v) is 4.32. The number of nitrogens with two attached hydrogens (primary N) is 1. The lowest BCUT2D eigenvalue weighted by molar-refractivity contribution is 0.646. The van der Waals surface area contributed by atoms with Gasteiger partial charge in [0.05, 0.1) is 0 Å². The van der Waals surface area contributed by atoms with Gasteiger partial charge in [0.2, 0.25) is 0 Å². The Kier molecular flexibility index (Phi) is 6.18. The Bertz CT molecular complexity index is 650. The van der Waals surface area contributed by atoms with Crippen LogP contribution in [0, 0.1) is 13.8 Å². The minimum Gasteiger partial charge on any atom is -0.372 e. The van der Waals surface area contributed by atoms with Crippen LogP contribution in [0.1, 0.15) is 29.2 Å². The van der Waals surface area contributed by atoms with E-state index in [2.05, 4.69) is 46.0 Å². The topological polar surface area (TPSA) is 95.0 Å². The van der Waals surface area contributed by atoms with Crippen LogP contribution in [0.5, 0.6) is 0 Å². The molecule has 0 fully saturated rings. The first kappa shape index (κ1) is 17.5. The molecule has 2 unspecified atom stereocenters. The average Bonchev–Trinajstić information content (AvgIpc) is 2.49. The van der Waals surface area contributed by atoms with E-state index >= 15 is 0 Å². The Labute approximate surface area is 140 Å². The Balaban J connectivity index is 2.03. The van der Waals surface area contributed by atoms with E-state index in [0.29, 0.717) is 12.5 Å². The highest BCUT2D eigenvalue weighted by molar-refractivity contribution is 7.80. The summed E-state index contributed by atoms with van der Waals surface area (Å²) in [6, 6.07) is 6.15. The number of aliphatic imine (C=N–C) groups is 1. The van der Waals surface area contributed by atoms with Crippen molar-refractivity contribution < 1.29 is 4.55 Å². The maximum Gasteiger partial charge on any atom is 0.195 e. The van der Waals surface area contributed by atoms with Crippen molar-refractivity contribution in [2.75, 3.05) is 19.3 Å². The van der Waals surface area contributed by atoms with Crippen LogP contribution in [0.25, 0.3) is 0 Å². The molecule has 23 heavy (non-hydrogen) atoms. The summed E-state index contributed by atoms with van der Waals surface area (Å²) in [5.41, 5.74) is 9.57. The summed E-state index contributed by atoms with van der Waals surface area (Å²) in [4.78, 5) is 4.49. The predicted molar refractivity (Wildman–Crippen MR) is 97.3 cm³/mol. The standard InChI is InChI=1S/C16H25N5OS/c1-11-6-4-7-13(12(11)2)14-10-15(21-16(17)20-14)18-8-5-9-19-23(3)22/h4,6-7,10,14,18H,5,8-9H2,1-3H3,(H,19,22)(H3,17,20,21). The van der Waals surface area contributed by atoms with E-state index in [1.165, 1.54) is 16.7 Å². The molecule has 0 amide bonds. The Morgan fingerprint density at radius 3 is 2.96 bits per heavy atom. The number of benzene rings is 1. The first-order valence-corrected chi connectivity index (χ1v) is 9.17. The molecule has 0 saturated carbocycles. The van der Waals surface area contributed by atoms with Gasteiger partial charge in [-0.1, -0.05) is 18.2 Å². The molecule has 0 aliphatic carbocycles. The Morgan fingerprint density at radius 2 is 2.22 bits per heavy atom. The van der Waals surface area contributed by atoms with Crippen LogP contribution >= 0.6 is 0 Å². The first-order chi connectivity index (χ1) is 11.0. The molecule has 1 aromatic rings. The van der Waals surface area contributed by atoms with Crippen molar-refractivity contribution in [3.8, 4) is 0 Å². The number of aryl methyl sites for hydroxylation is 1. The van der Waals surface area contributed by atoms with Crippen LogP contribution in [0.15, 0.2) is 39.5 Å². The molecular weight excluding hydrogens is 310 g/mol. The lowest BCUT2D eigenvalue weighted by Gasteiger charge is -2.22. The smallest absolute Gasteiger partial charge is 0.195 e. The number of nitrogens with zero attached hydrogens (tertiary/aromatic N) is 2. The second kappa shape index (κ2) is 8.12. The molecule has 2 rings (SSSR count). The molecule has 1 aliphatic rings. The van der Waals surface area contributed by atoms with E-state index in [0.717, 1.165) is 18.8 Å². The summed E-state index contributed by atoms with van der Waals surface area (Å²) in [7, 11) is -0.837. The molecule has 1 heterocycles. The minimum atomic E-state index is -0.837. The molecule has 0 bridgehead atoms. The maximum absolute atomic E-state index is 9.13. The third-order valence-electron chi connectivity index (χ3n) is 3.76. The summed E-state index contributed by atoms with van der Waals surface area (Å²) < 4.78 is 13.2. The van der Waals surface area contributed by atoms with Gasteiger partial charge in [-0.15, -0.1) is 0 Å². The number of guanidine groups is 1. The average molecular weight is 335 g/mol. The van der Waals surface area contributed by atoms with E-state index < -0.39 is 11.0 Å². The van der Waals surface area contributed by atoms with Gasteiger partial charge in [0, 0.05) is 30.3 Å². The quantitative estimate of drug-likeness (QED) is 0.598. The Morgan fingerprint density at radius 1 is 1.43 bits per heavy atom. The molecule has 5 N–H and O–H groups in total. The molecule has 0 radical (unpaired) electrons. The van der Waals surface area contributed by atoms with Gasteiger partial charge in [-0.3, -0.25) is 0 Å². The number of hydrogen-bond donors (Lipinski definition) is 4. The lowest BCUT2D eigenvalue weighted by Crippen LogP contribution is -2.40. The SMILES string of the molecule is Cc1cccc(C2C=C(NCCCN=S(C)O)NC(N)=N2)c1C. The van der Waals surface area contributed by atoms with Gasteiger partial charge < -0.3 is 20.9 Å². The largest absolute Gasteiger partial charge is 0.372 e. The van der Waals surface area contributed by atoms with E-state index in [4.69, 9.17) is 10.3 Å². The van der Waals surface area contributed by atoms with Crippen LogP contribution in [-0.2, 0) is 11.0 Å². The maximum atomic E-state index is 9.13. The highest BCUT2D eigenvalue weighted by Crippen LogP contribution is 2.26. The molecule has 0 aromatic heterocycles. The highest BCUT2D eigenvalue weighted by Gasteiger charge is 2.17. The minimum absolute atomic E-state index is 0.0812. The van der Waals surface area contributed by atoms with Crippen molar-refractivity contribution in [2.24, 2.45) is 15.1 Å². The summed E-state index contributed by atoms with van der Waals surface area (Å²) >= 11 is 0. The third kappa shape index (κ3) is 5.07. The van der Waals surface area contributed by atoms with Gasteiger partial charge in [-0.05, 0) is 43.0 Å². The number of nitrogens with one attached hydrogen (secondary N) is 2. The molecule has 7 heteroatoms. The zero-order valence-electron chi connectivity index (χ0n) is 13.8. The van der Waals surface area contributed by atoms with Gasteiger partial charge in [-0.25, -0.2) is 9.36 Å². The van der Waals surface area contributed by atoms with Gasteiger partial charge in [0.25, 0.3) is 0 Å². The van der Waals surface area contributed by atoms with Crippen molar-refractivity contribution in [3.63, 3.8) is 0 Å². The van der Waals surface area contributed by atoms with E-state index in [1.54, 1.807) is 6.26 Å². The molecule has 1 aliphatic heterocycles. The molecule has 0 saturated heterocycles. The van der Waals surface area contributed by atoms with Crippen molar-refractivity contribution in [2.45, 2.75) is 26.3 Å². The van der Waals surface area contributed by atoms with Gasteiger partial charge in [0.15, 0.2) is 5.96 Å². The summed E-state index contributed by atoms with van der Waals surface area (Å²) in [6.07, 6.45) is 4.58. The molecule has 0 spiro atoms. The summed E-state index contributed by atoms with van der Waals surface area (Å²) in [6.45, 7) is 5.60. The number of hydrogen-bond acceptors (Lipinski definition) is 5. The van der Waals surface area contributed by atoms with E-state index in [-0.39, 0.29) is 6.04 Å². The van der Waals surface area contributed by atoms with Crippen molar-refractivity contribution in [1.29, 1.82) is 0 Å². The zero-order chi connectivity index (χ0) is 16.8. The van der Waals surface area contributed by atoms with Crippen LogP contribution in [0.2, 0.25) is 0 Å². The highest BCUT2D eigenvalue weighted by atomic mass is 32.2. The summed E-state index contributed by atoms with van der Waals surface area (Å²) in [5, 5.41) is 6.36. The fraction of sp³-hybridized carbons (Fsp3) is 0.438. The first-order valence-electron chi connectivity index (χ1n) is 7.62. The molecule has 126 valence electrons. The van der Waals surface area contributed by atoms with Gasteiger partial charge in [0.1, 0.15) is 11.9 Å². The second-order valence-electron chi connectivity index (χ2n) is 5.53. The van der Waals surface area contributed by atoms with Gasteiger partial charge in [-0.2, -0.15) is 0 Å². The molecule has 2 atom stereocenters. The zero-order valence-corrected chi connectivity index (χ0v) is 14.7.